The zero-order valence-corrected chi connectivity index (χ0v) is 14.4. The third kappa shape index (κ3) is 4.00. The van der Waals surface area contributed by atoms with Gasteiger partial charge in [0.05, 0.1) is 6.42 Å². The number of hydrogen-bond acceptors (Lipinski definition) is 3. The number of anilines is 1. The predicted octanol–water partition coefficient (Wildman–Crippen LogP) is 3.18. The Labute approximate surface area is 147 Å². The maximum absolute atomic E-state index is 12.4. The minimum absolute atomic E-state index is 0.0327. The highest BCUT2D eigenvalue weighted by Crippen LogP contribution is 2.22. The van der Waals surface area contributed by atoms with E-state index in [1.165, 1.54) is 0 Å². The first-order chi connectivity index (χ1) is 12.2. The van der Waals surface area contributed by atoms with Crippen LogP contribution >= 0.6 is 0 Å². The van der Waals surface area contributed by atoms with Gasteiger partial charge in [-0.2, -0.15) is 0 Å². The summed E-state index contributed by atoms with van der Waals surface area (Å²) in [5.74, 6) is 0.712. The van der Waals surface area contributed by atoms with Crippen molar-refractivity contribution in [3.63, 3.8) is 0 Å². The fourth-order valence-corrected chi connectivity index (χ4v) is 2.91. The molecular weight excluding hydrogens is 314 g/mol. The molecule has 3 N–H and O–H groups in total. The number of carbonyl (C=O) groups is 1. The monoisotopic (exact) mass is 337 g/mol. The molecular formula is C20H23N3O2. The van der Waals surface area contributed by atoms with E-state index in [0.29, 0.717) is 19.6 Å². The van der Waals surface area contributed by atoms with Crippen LogP contribution in [0.2, 0.25) is 0 Å². The fourth-order valence-electron chi connectivity index (χ4n) is 2.91. The van der Waals surface area contributed by atoms with Crippen LogP contribution < -0.4 is 15.8 Å². The van der Waals surface area contributed by atoms with Gasteiger partial charge in [0.25, 0.3) is 0 Å². The average Bonchev–Trinajstić information content (AvgIpc) is 2.99. The normalized spacial score (nSPS) is 10.8. The molecule has 0 spiro atoms. The van der Waals surface area contributed by atoms with Crippen molar-refractivity contribution in [2.24, 2.45) is 5.73 Å². The molecule has 0 unspecified atom stereocenters. The van der Waals surface area contributed by atoms with E-state index < -0.39 is 0 Å². The zero-order valence-electron chi connectivity index (χ0n) is 14.4. The third-order valence-corrected chi connectivity index (χ3v) is 4.09. The largest absolute Gasteiger partial charge is 0.492 e. The Hall–Kier alpha value is -2.79. The van der Waals surface area contributed by atoms with E-state index in [1.54, 1.807) is 0 Å². The maximum atomic E-state index is 12.4. The van der Waals surface area contributed by atoms with Gasteiger partial charge in [-0.15, -0.1) is 0 Å². The molecule has 5 heteroatoms. The van der Waals surface area contributed by atoms with Crippen molar-refractivity contribution in [1.29, 1.82) is 0 Å². The number of fused-ring (bicyclic) bond motifs is 1. The lowest BCUT2D eigenvalue weighted by atomic mass is 10.1. The van der Waals surface area contributed by atoms with Crippen LogP contribution in [-0.4, -0.2) is 23.6 Å². The summed E-state index contributed by atoms with van der Waals surface area (Å²) in [4.78, 5) is 12.4. The summed E-state index contributed by atoms with van der Waals surface area (Å²) >= 11 is 0. The van der Waals surface area contributed by atoms with Gasteiger partial charge in [0, 0.05) is 35.9 Å². The summed E-state index contributed by atoms with van der Waals surface area (Å²) in [6.45, 7) is 3.94. The average molecular weight is 337 g/mol. The molecule has 0 saturated carbocycles. The fraction of sp³-hybridized carbons (Fsp3) is 0.250. The number of nitrogens with zero attached hydrogens (tertiary/aromatic N) is 1. The topological polar surface area (TPSA) is 69.3 Å². The van der Waals surface area contributed by atoms with Crippen molar-refractivity contribution in [2.45, 2.75) is 19.9 Å². The number of carbonyl (C=O) groups excluding carboxylic acids is 1. The van der Waals surface area contributed by atoms with Crippen LogP contribution in [0.5, 0.6) is 5.75 Å². The van der Waals surface area contributed by atoms with Crippen LogP contribution in [0.4, 0.5) is 5.69 Å². The first-order valence-corrected chi connectivity index (χ1v) is 8.50. The molecule has 3 rings (SSSR count). The molecule has 0 fully saturated rings. The second kappa shape index (κ2) is 7.85. The van der Waals surface area contributed by atoms with E-state index in [4.69, 9.17) is 10.5 Å². The standard InChI is InChI=1S/C20H23N3O2/c1-2-23-14-15(18-5-3-4-6-19(18)23)13-20(24)22-16-7-9-17(10-8-16)25-12-11-21/h3-10,14H,2,11-13,21H2,1H3,(H,22,24). The first-order valence-electron chi connectivity index (χ1n) is 8.50. The molecule has 0 radical (unpaired) electrons. The number of nitrogens with one attached hydrogen (secondary N) is 1. The second-order valence-electron chi connectivity index (χ2n) is 5.84. The molecule has 0 aliphatic carbocycles. The molecule has 0 aliphatic rings. The van der Waals surface area contributed by atoms with Gasteiger partial charge in [-0.05, 0) is 42.8 Å². The lowest BCUT2D eigenvalue weighted by Crippen LogP contribution is -2.14. The molecule has 0 atom stereocenters. The Balaban J connectivity index is 1.68. The molecule has 130 valence electrons. The van der Waals surface area contributed by atoms with Gasteiger partial charge in [0.2, 0.25) is 5.91 Å². The lowest BCUT2D eigenvalue weighted by Gasteiger charge is -2.07. The summed E-state index contributed by atoms with van der Waals surface area (Å²) in [6.07, 6.45) is 2.41. The minimum Gasteiger partial charge on any atom is -0.492 e. The van der Waals surface area contributed by atoms with Crippen molar-refractivity contribution in [1.82, 2.24) is 4.57 Å². The van der Waals surface area contributed by atoms with Gasteiger partial charge >= 0.3 is 0 Å². The maximum Gasteiger partial charge on any atom is 0.228 e. The molecule has 0 bridgehead atoms. The summed E-state index contributed by atoms with van der Waals surface area (Å²) in [6, 6.07) is 15.5. The van der Waals surface area contributed by atoms with Crippen LogP contribution in [0.1, 0.15) is 12.5 Å². The Morgan fingerprint density at radius 3 is 2.64 bits per heavy atom. The van der Waals surface area contributed by atoms with Crippen molar-refractivity contribution >= 4 is 22.5 Å². The summed E-state index contributed by atoms with van der Waals surface area (Å²) in [5, 5.41) is 4.07. The van der Waals surface area contributed by atoms with Crippen LogP contribution in [-0.2, 0) is 17.8 Å². The van der Waals surface area contributed by atoms with Crippen LogP contribution in [0.15, 0.2) is 54.7 Å². The Morgan fingerprint density at radius 1 is 1.16 bits per heavy atom. The van der Waals surface area contributed by atoms with E-state index in [9.17, 15) is 4.79 Å². The smallest absolute Gasteiger partial charge is 0.228 e. The number of rotatable bonds is 7. The number of ether oxygens (including phenoxy) is 1. The van der Waals surface area contributed by atoms with Gasteiger partial charge in [0.15, 0.2) is 0 Å². The number of hydrogen-bond donors (Lipinski definition) is 2. The number of benzene rings is 2. The molecule has 5 nitrogen and oxygen atoms in total. The predicted molar refractivity (Wildman–Crippen MR) is 101 cm³/mol. The van der Waals surface area contributed by atoms with Crippen molar-refractivity contribution in [3.8, 4) is 5.75 Å². The highest BCUT2D eigenvalue weighted by Gasteiger charge is 2.11. The van der Waals surface area contributed by atoms with Crippen molar-refractivity contribution in [3.05, 3.63) is 60.3 Å². The Kier molecular flexibility index (Phi) is 5.36. The van der Waals surface area contributed by atoms with E-state index >= 15 is 0 Å². The summed E-state index contributed by atoms with van der Waals surface area (Å²) in [5.41, 5.74) is 8.37. The van der Waals surface area contributed by atoms with E-state index in [-0.39, 0.29) is 5.91 Å². The second-order valence-corrected chi connectivity index (χ2v) is 5.84. The number of para-hydroxylation sites is 1. The number of aryl methyl sites for hydroxylation is 1. The molecule has 1 aromatic heterocycles. The van der Waals surface area contributed by atoms with E-state index in [1.807, 2.05) is 36.4 Å². The summed E-state index contributed by atoms with van der Waals surface area (Å²) in [7, 11) is 0. The van der Waals surface area contributed by atoms with Gasteiger partial charge in [0.1, 0.15) is 12.4 Å². The van der Waals surface area contributed by atoms with Gasteiger partial charge in [-0.25, -0.2) is 0 Å². The first kappa shape index (κ1) is 17.0. The van der Waals surface area contributed by atoms with Crippen molar-refractivity contribution in [2.75, 3.05) is 18.5 Å². The van der Waals surface area contributed by atoms with Crippen LogP contribution in [0.3, 0.4) is 0 Å². The summed E-state index contributed by atoms with van der Waals surface area (Å²) < 4.78 is 7.60. The number of nitrogens with two attached hydrogens (primary N) is 1. The number of aromatic nitrogens is 1. The van der Waals surface area contributed by atoms with E-state index in [2.05, 4.69) is 35.1 Å². The molecule has 3 aromatic rings. The van der Waals surface area contributed by atoms with Crippen LogP contribution in [0.25, 0.3) is 10.9 Å². The lowest BCUT2D eigenvalue weighted by molar-refractivity contribution is -0.115. The Bertz CT molecular complexity index is 853. The SMILES string of the molecule is CCn1cc(CC(=O)Nc2ccc(OCCN)cc2)c2ccccc21. The molecule has 1 heterocycles. The molecule has 2 aromatic carbocycles. The molecule has 25 heavy (non-hydrogen) atoms. The quantitative estimate of drug-likeness (QED) is 0.696. The molecule has 0 saturated heterocycles. The highest BCUT2D eigenvalue weighted by molar-refractivity contribution is 5.96. The molecule has 0 aliphatic heterocycles. The minimum atomic E-state index is -0.0327. The van der Waals surface area contributed by atoms with Crippen molar-refractivity contribution < 1.29 is 9.53 Å². The highest BCUT2D eigenvalue weighted by atomic mass is 16.5. The van der Waals surface area contributed by atoms with Gasteiger partial charge in [-0.1, -0.05) is 18.2 Å². The third-order valence-electron chi connectivity index (χ3n) is 4.09. The van der Waals surface area contributed by atoms with Crippen LogP contribution in [0, 0.1) is 0 Å². The van der Waals surface area contributed by atoms with Gasteiger partial charge in [-0.3, -0.25) is 4.79 Å². The zero-order chi connectivity index (χ0) is 17.6. The molecule has 1 amide bonds. The Morgan fingerprint density at radius 2 is 1.92 bits per heavy atom. The van der Waals surface area contributed by atoms with Gasteiger partial charge < -0.3 is 20.4 Å². The van der Waals surface area contributed by atoms with E-state index in [0.717, 1.165) is 34.4 Å². The number of amides is 1.